The number of carbonyl (C=O) groups excluding carboxylic acids is 3. The molecule has 0 aliphatic heterocycles. The summed E-state index contributed by atoms with van der Waals surface area (Å²) in [5.74, 6) is -0.922. The number of ether oxygens (including phenoxy) is 1. The number of hydrogen-bond donors (Lipinski definition) is 2. The Morgan fingerprint density at radius 2 is 1.93 bits per heavy atom. The van der Waals surface area contributed by atoms with Gasteiger partial charge in [0.2, 0.25) is 5.78 Å². The molecular formula is C20H24ClN3O4. The Kier molecular flexibility index (Phi) is 7.23. The van der Waals surface area contributed by atoms with Crippen molar-refractivity contribution in [2.75, 3.05) is 6.61 Å². The van der Waals surface area contributed by atoms with E-state index in [1.165, 1.54) is 0 Å². The van der Waals surface area contributed by atoms with Gasteiger partial charge in [0.05, 0.1) is 12.5 Å². The third kappa shape index (κ3) is 5.13. The molecule has 150 valence electrons. The van der Waals surface area contributed by atoms with Crippen molar-refractivity contribution in [2.45, 2.75) is 39.8 Å². The van der Waals surface area contributed by atoms with Crippen LogP contribution in [0.2, 0.25) is 5.02 Å². The molecule has 2 rings (SSSR count). The molecule has 1 atom stereocenters. The van der Waals surface area contributed by atoms with Crippen LogP contribution >= 0.6 is 11.6 Å². The Labute approximate surface area is 168 Å². The molecule has 28 heavy (non-hydrogen) atoms. The molecule has 0 saturated heterocycles. The van der Waals surface area contributed by atoms with Gasteiger partial charge in [-0.3, -0.25) is 9.59 Å². The SMILES string of the molecule is CCn1c(C)cc(C(=O)COC(=O)CC(NC(N)=O)c2ccccc2Cl)c1C. The number of esters is 1. The van der Waals surface area contributed by atoms with Crippen molar-refractivity contribution in [2.24, 2.45) is 5.73 Å². The van der Waals surface area contributed by atoms with E-state index in [-0.39, 0.29) is 18.8 Å². The van der Waals surface area contributed by atoms with E-state index in [4.69, 9.17) is 22.1 Å². The topological polar surface area (TPSA) is 103 Å². The molecular weight excluding hydrogens is 382 g/mol. The first kappa shape index (κ1) is 21.5. The van der Waals surface area contributed by atoms with E-state index < -0.39 is 18.0 Å². The number of aryl methyl sites for hydroxylation is 1. The van der Waals surface area contributed by atoms with Crippen LogP contribution in [0.3, 0.4) is 0 Å². The molecule has 1 unspecified atom stereocenters. The van der Waals surface area contributed by atoms with E-state index in [2.05, 4.69) is 5.32 Å². The van der Waals surface area contributed by atoms with Crippen LogP contribution in [-0.4, -0.2) is 29.0 Å². The van der Waals surface area contributed by atoms with Crippen LogP contribution in [0, 0.1) is 13.8 Å². The number of hydrogen-bond acceptors (Lipinski definition) is 4. The normalized spacial score (nSPS) is 11.7. The van der Waals surface area contributed by atoms with Gasteiger partial charge in [-0.05, 0) is 38.5 Å². The number of nitrogens with two attached hydrogens (primary N) is 1. The zero-order valence-corrected chi connectivity index (χ0v) is 16.9. The molecule has 7 nitrogen and oxygen atoms in total. The third-order valence-corrected chi connectivity index (χ3v) is 4.87. The molecule has 8 heteroatoms. The first-order valence-electron chi connectivity index (χ1n) is 8.90. The molecule has 0 bridgehead atoms. The van der Waals surface area contributed by atoms with Crippen molar-refractivity contribution in [3.8, 4) is 0 Å². The molecule has 2 amide bonds. The van der Waals surface area contributed by atoms with Gasteiger partial charge in [-0.2, -0.15) is 0 Å². The van der Waals surface area contributed by atoms with Crippen molar-refractivity contribution in [1.82, 2.24) is 9.88 Å². The number of amides is 2. The molecule has 3 N–H and O–H groups in total. The van der Waals surface area contributed by atoms with Gasteiger partial charge in [0.15, 0.2) is 6.61 Å². The van der Waals surface area contributed by atoms with Crippen LogP contribution in [0.1, 0.15) is 46.7 Å². The van der Waals surface area contributed by atoms with Gasteiger partial charge in [-0.25, -0.2) is 4.79 Å². The van der Waals surface area contributed by atoms with Crippen LogP contribution in [0.15, 0.2) is 30.3 Å². The Bertz CT molecular complexity index is 892. The van der Waals surface area contributed by atoms with E-state index in [0.29, 0.717) is 16.1 Å². The zero-order chi connectivity index (χ0) is 20.8. The summed E-state index contributed by atoms with van der Waals surface area (Å²) in [6.07, 6.45) is -0.200. The van der Waals surface area contributed by atoms with E-state index in [1.54, 1.807) is 30.3 Å². The van der Waals surface area contributed by atoms with Gasteiger partial charge in [0.25, 0.3) is 0 Å². The molecule has 0 aliphatic carbocycles. The second-order valence-corrected chi connectivity index (χ2v) is 6.81. The minimum Gasteiger partial charge on any atom is -0.457 e. The standard InChI is InChI=1S/C20H24ClN3O4/c1-4-24-12(2)9-15(13(24)3)18(25)11-28-19(26)10-17(23-20(22)27)14-7-5-6-8-16(14)21/h5-9,17H,4,10-11H2,1-3H3,(H3,22,23,27). The summed E-state index contributed by atoms with van der Waals surface area (Å²) < 4.78 is 7.15. The summed E-state index contributed by atoms with van der Waals surface area (Å²) in [5, 5.41) is 2.87. The number of aromatic nitrogens is 1. The van der Waals surface area contributed by atoms with Gasteiger partial charge < -0.3 is 20.4 Å². The Morgan fingerprint density at radius 3 is 2.50 bits per heavy atom. The van der Waals surface area contributed by atoms with Gasteiger partial charge in [0, 0.05) is 28.5 Å². The fourth-order valence-corrected chi connectivity index (χ4v) is 3.45. The van der Waals surface area contributed by atoms with Gasteiger partial charge in [-0.1, -0.05) is 29.8 Å². The molecule has 0 radical (unpaired) electrons. The lowest BCUT2D eigenvalue weighted by atomic mass is 10.0. The molecule has 0 saturated carbocycles. The highest BCUT2D eigenvalue weighted by Crippen LogP contribution is 2.25. The minimum atomic E-state index is -0.791. The number of ketones is 1. The zero-order valence-electron chi connectivity index (χ0n) is 16.1. The summed E-state index contributed by atoms with van der Waals surface area (Å²) in [4.78, 5) is 36.0. The second-order valence-electron chi connectivity index (χ2n) is 6.40. The predicted molar refractivity (Wildman–Crippen MR) is 106 cm³/mol. The molecule has 1 aromatic carbocycles. The highest BCUT2D eigenvalue weighted by atomic mass is 35.5. The number of halogens is 1. The summed E-state index contributed by atoms with van der Waals surface area (Å²) in [5.41, 5.74) is 8.08. The summed E-state index contributed by atoms with van der Waals surface area (Å²) in [6, 6.07) is 7.04. The van der Waals surface area contributed by atoms with Crippen molar-refractivity contribution in [1.29, 1.82) is 0 Å². The first-order chi connectivity index (χ1) is 13.2. The first-order valence-corrected chi connectivity index (χ1v) is 9.28. The van der Waals surface area contributed by atoms with Gasteiger partial charge in [-0.15, -0.1) is 0 Å². The quantitative estimate of drug-likeness (QED) is 0.519. The molecule has 1 heterocycles. The summed E-state index contributed by atoms with van der Waals surface area (Å²) >= 11 is 6.14. The number of nitrogens with one attached hydrogen (secondary N) is 1. The lowest BCUT2D eigenvalue weighted by Crippen LogP contribution is -2.35. The fraction of sp³-hybridized carbons (Fsp3) is 0.350. The Hall–Kier alpha value is -2.80. The smallest absolute Gasteiger partial charge is 0.312 e. The van der Waals surface area contributed by atoms with Crippen molar-refractivity contribution < 1.29 is 19.1 Å². The van der Waals surface area contributed by atoms with Crippen molar-refractivity contribution in [3.63, 3.8) is 0 Å². The maximum Gasteiger partial charge on any atom is 0.312 e. The van der Waals surface area contributed by atoms with E-state index in [9.17, 15) is 14.4 Å². The number of primary amides is 1. The van der Waals surface area contributed by atoms with Crippen LogP contribution < -0.4 is 11.1 Å². The van der Waals surface area contributed by atoms with E-state index in [1.807, 2.05) is 25.3 Å². The number of benzene rings is 1. The summed E-state index contributed by atoms with van der Waals surface area (Å²) in [7, 11) is 0. The Balaban J connectivity index is 2.04. The highest BCUT2D eigenvalue weighted by Gasteiger charge is 2.22. The number of carbonyl (C=O) groups is 3. The van der Waals surface area contributed by atoms with Gasteiger partial charge >= 0.3 is 12.0 Å². The largest absolute Gasteiger partial charge is 0.457 e. The lowest BCUT2D eigenvalue weighted by Gasteiger charge is -2.18. The summed E-state index contributed by atoms with van der Waals surface area (Å²) in [6.45, 7) is 6.15. The van der Waals surface area contributed by atoms with Crippen LogP contribution in [0.5, 0.6) is 0 Å². The third-order valence-electron chi connectivity index (χ3n) is 4.52. The highest BCUT2D eigenvalue weighted by molar-refractivity contribution is 6.31. The van der Waals surface area contributed by atoms with Crippen LogP contribution in [-0.2, 0) is 16.1 Å². The molecule has 0 aliphatic rings. The average molecular weight is 406 g/mol. The van der Waals surface area contributed by atoms with E-state index >= 15 is 0 Å². The van der Waals surface area contributed by atoms with Crippen molar-refractivity contribution in [3.05, 3.63) is 57.9 Å². The second kappa shape index (κ2) is 9.41. The van der Waals surface area contributed by atoms with Crippen molar-refractivity contribution >= 4 is 29.4 Å². The maximum absolute atomic E-state index is 12.4. The predicted octanol–water partition coefficient (Wildman–Crippen LogP) is 3.30. The fourth-order valence-electron chi connectivity index (χ4n) is 3.19. The minimum absolute atomic E-state index is 0.200. The molecule has 2 aromatic rings. The maximum atomic E-state index is 12.4. The number of rotatable bonds is 8. The number of nitrogens with zero attached hydrogens (tertiary/aromatic N) is 1. The van der Waals surface area contributed by atoms with Gasteiger partial charge in [0.1, 0.15) is 0 Å². The number of Topliss-reactive ketones (excluding diaryl/α,β-unsaturated/α-hetero) is 1. The van der Waals surface area contributed by atoms with Crippen LogP contribution in [0.4, 0.5) is 4.79 Å². The Morgan fingerprint density at radius 1 is 1.25 bits per heavy atom. The van der Waals surface area contributed by atoms with E-state index in [0.717, 1.165) is 17.9 Å². The lowest BCUT2D eigenvalue weighted by molar-refractivity contribution is -0.143. The monoisotopic (exact) mass is 405 g/mol. The molecule has 1 aromatic heterocycles. The molecule has 0 spiro atoms. The van der Waals surface area contributed by atoms with Crippen LogP contribution in [0.25, 0.3) is 0 Å². The number of urea groups is 1. The average Bonchev–Trinajstić information content (AvgIpc) is 2.93. The molecule has 0 fully saturated rings.